The van der Waals surface area contributed by atoms with Crippen LogP contribution in [0.2, 0.25) is 0 Å². The molecule has 96 valence electrons. The summed E-state index contributed by atoms with van der Waals surface area (Å²) in [6.07, 6.45) is -2.97. The van der Waals surface area contributed by atoms with E-state index in [4.69, 9.17) is 5.41 Å². The molecule has 0 spiro atoms. The van der Waals surface area contributed by atoms with Crippen molar-refractivity contribution >= 4 is 16.6 Å². The molecule has 1 N–H and O–H groups in total. The number of hydrogen-bond donors (Lipinski definition) is 1. The van der Waals surface area contributed by atoms with E-state index in [1.165, 1.54) is 22.7 Å². The maximum atomic E-state index is 13.0. The molecule has 19 heavy (non-hydrogen) atoms. The summed E-state index contributed by atoms with van der Waals surface area (Å²) >= 11 is 0. The van der Waals surface area contributed by atoms with E-state index in [1.54, 1.807) is 18.2 Å². The Morgan fingerprint density at radius 2 is 1.84 bits per heavy atom. The van der Waals surface area contributed by atoms with E-state index in [0.29, 0.717) is 5.65 Å². The van der Waals surface area contributed by atoms with Crippen LogP contribution in [0.4, 0.5) is 13.2 Å². The third-order valence-electron chi connectivity index (χ3n) is 2.90. The fraction of sp³-hybridized carbons (Fsp3) is 0.0769. The molecule has 0 amide bonds. The molecule has 3 rings (SSSR count). The van der Waals surface area contributed by atoms with Gasteiger partial charge in [-0.05, 0) is 24.3 Å². The molecule has 0 unspecified atom stereocenters. The van der Waals surface area contributed by atoms with Crippen molar-refractivity contribution in [2.45, 2.75) is 6.18 Å². The van der Waals surface area contributed by atoms with E-state index < -0.39 is 11.7 Å². The molecular weight excluding hydrogens is 255 g/mol. The lowest BCUT2D eigenvalue weighted by molar-refractivity contribution is -0.136. The van der Waals surface area contributed by atoms with Gasteiger partial charge in [0.25, 0.3) is 0 Å². The number of fused-ring (bicyclic) bond motifs is 2. The quantitative estimate of drug-likeness (QED) is 0.622. The highest BCUT2D eigenvalue weighted by Gasteiger charge is 2.33. The third kappa shape index (κ3) is 1.76. The Kier molecular flexibility index (Phi) is 2.35. The highest BCUT2D eigenvalue weighted by atomic mass is 19.4. The Morgan fingerprint density at radius 3 is 2.58 bits per heavy atom. The van der Waals surface area contributed by atoms with Crippen molar-refractivity contribution < 1.29 is 13.2 Å². The van der Waals surface area contributed by atoms with Gasteiger partial charge in [-0.3, -0.25) is 9.81 Å². The van der Waals surface area contributed by atoms with Gasteiger partial charge < -0.3 is 0 Å². The van der Waals surface area contributed by atoms with Crippen molar-refractivity contribution in [2.75, 3.05) is 0 Å². The summed E-state index contributed by atoms with van der Waals surface area (Å²) in [4.78, 5) is 4.16. The van der Waals surface area contributed by atoms with Gasteiger partial charge in [-0.15, -0.1) is 0 Å². The first-order valence-electron chi connectivity index (χ1n) is 5.50. The molecule has 0 radical (unpaired) electrons. The fourth-order valence-corrected chi connectivity index (χ4v) is 2.08. The van der Waals surface area contributed by atoms with Gasteiger partial charge in [-0.1, -0.05) is 12.1 Å². The van der Waals surface area contributed by atoms with Gasteiger partial charge >= 0.3 is 6.18 Å². The van der Waals surface area contributed by atoms with Crippen molar-refractivity contribution in [2.24, 2.45) is 0 Å². The third-order valence-corrected chi connectivity index (χ3v) is 2.90. The fourth-order valence-electron chi connectivity index (χ4n) is 2.08. The molecule has 6 heteroatoms. The number of aromatic nitrogens is 2. The van der Waals surface area contributed by atoms with E-state index in [2.05, 4.69) is 4.98 Å². The summed E-state index contributed by atoms with van der Waals surface area (Å²) in [6.45, 7) is 0. The molecule has 1 aromatic carbocycles. The first-order valence-corrected chi connectivity index (χ1v) is 5.50. The van der Waals surface area contributed by atoms with Gasteiger partial charge in [0.15, 0.2) is 0 Å². The summed E-state index contributed by atoms with van der Waals surface area (Å²) in [5.41, 5.74) is -0.431. The molecule has 3 aromatic rings. The summed E-state index contributed by atoms with van der Waals surface area (Å²) in [5.74, 6) is 0. The van der Waals surface area contributed by atoms with Crippen LogP contribution in [0.25, 0.3) is 16.6 Å². The Labute approximate surface area is 105 Å². The van der Waals surface area contributed by atoms with Crippen LogP contribution in [0.3, 0.4) is 0 Å². The topological polar surface area (TPSA) is 41.2 Å². The number of nitrogens with one attached hydrogen (secondary N) is 1. The monoisotopic (exact) mass is 263 g/mol. The SMILES string of the molecule is N=c1c2c(C(F)(F)F)cccc2nc2ccccn12. The minimum absolute atomic E-state index is 0.172. The van der Waals surface area contributed by atoms with Crippen LogP contribution >= 0.6 is 0 Å². The average molecular weight is 263 g/mol. The van der Waals surface area contributed by atoms with Crippen LogP contribution in [0.15, 0.2) is 42.6 Å². The zero-order valence-electron chi connectivity index (χ0n) is 9.57. The normalized spacial score (nSPS) is 12.2. The van der Waals surface area contributed by atoms with Gasteiger partial charge in [-0.2, -0.15) is 13.2 Å². The lowest BCUT2D eigenvalue weighted by Gasteiger charge is -2.11. The lowest BCUT2D eigenvalue weighted by Crippen LogP contribution is -2.19. The molecule has 0 fully saturated rings. The van der Waals surface area contributed by atoms with Crippen LogP contribution in [0.1, 0.15) is 5.56 Å². The molecule has 3 nitrogen and oxygen atoms in total. The molecule has 0 aliphatic carbocycles. The second-order valence-electron chi connectivity index (χ2n) is 4.09. The van der Waals surface area contributed by atoms with Crippen molar-refractivity contribution in [3.63, 3.8) is 0 Å². The first-order chi connectivity index (χ1) is 8.98. The zero-order valence-corrected chi connectivity index (χ0v) is 9.57. The molecule has 2 heterocycles. The summed E-state index contributed by atoms with van der Waals surface area (Å²) in [6, 6.07) is 8.78. The Hall–Kier alpha value is -2.37. The largest absolute Gasteiger partial charge is 0.417 e. The number of nitrogens with zero attached hydrogens (tertiary/aromatic N) is 2. The molecule has 0 bridgehead atoms. The Morgan fingerprint density at radius 1 is 1.05 bits per heavy atom. The lowest BCUT2D eigenvalue weighted by atomic mass is 10.1. The van der Waals surface area contributed by atoms with E-state index in [9.17, 15) is 13.2 Å². The predicted octanol–water partition coefficient (Wildman–Crippen LogP) is 2.99. The van der Waals surface area contributed by atoms with Gasteiger partial charge in [0.2, 0.25) is 0 Å². The number of rotatable bonds is 0. The minimum atomic E-state index is -4.50. The summed E-state index contributed by atoms with van der Waals surface area (Å²) in [7, 11) is 0. The van der Waals surface area contributed by atoms with Gasteiger partial charge in [-0.25, -0.2) is 4.98 Å². The maximum absolute atomic E-state index is 13.0. The van der Waals surface area contributed by atoms with E-state index in [-0.39, 0.29) is 16.4 Å². The molecule has 0 aliphatic rings. The summed E-state index contributed by atoms with van der Waals surface area (Å²) < 4.78 is 40.3. The first kappa shape index (κ1) is 11.7. The highest BCUT2D eigenvalue weighted by molar-refractivity contribution is 5.83. The van der Waals surface area contributed by atoms with Gasteiger partial charge in [0, 0.05) is 6.20 Å². The molecule has 0 aliphatic heterocycles. The van der Waals surface area contributed by atoms with Crippen LogP contribution in [-0.4, -0.2) is 9.38 Å². The van der Waals surface area contributed by atoms with Crippen molar-refractivity contribution in [3.05, 3.63) is 53.6 Å². The highest BCUT2D eigenvalue weighted by Crippen LogP contribution is 2.32. The van der Waals surface area contributed by atoms with Crippen molar-refractivity contribution in [1.29, 1.82) is 5.41 Å². The molecule has 0 atom stereocenters. The molecule has 0 saturated carbocycles. The van der Waals surface area contributed by atoms with Crippen LogP contribution in [0.5, 0.6) is 0 Å². The number of halogens is 3. The average Bonchev–Trinajstić information content (AvgIpc) is 2.37. The predicted molar refractivity (Wildman–Crippen MR) is 63.6 cm³/mol. The Balaban J connectivity index is 2.57. The second-order valence-corrected chi connectivity index (χ2v) is 4.09. The smallest absolute Gasteiger partial charge is 0.286 e. The Bertz CT molecular complexity index is 834. The zero-order chi connectivity index (χ0) is 13.6. The molecule has 0 saturated heterocycles. The summed E-state index contributed by atoms with van der Waals surface area (Å²) in [5, 5.41) is 7.79. The number of pyridine rings is 1. The van der Waals surface area contributed by atoms with Gasteiger partial charge in [0.1, 0.15) is 11.1 Å². The second kappa shape index (κ2) is 3.81. The molecule has 2 aromatic heterocycles. The van der Waals surface area contributed by atoms with Crippen molar-refractivity contribution in [1.82, 2.24) is 9.38 Å². The van der Waals surface area contributed by atoms with E-state index >= 15 is 0 Å². The van der Waals surface area contributed by atoms with Gasteiger partial charge in [0.05, 0.1) is 16.5 Å². The molecular formula is C13H8F3N3. The standard InChI is InChI=1S/C13H8F3N3/c14-13(15,16)8-4-3-5-9-11(8)12(17)19-7-2-1-6-10(19)18-9/h1-7,17H. The number of benzene rings is 1. The number of alkyl halides is 3. The van der Waals surface area contributed by atoms with E-state index in [0.717, 1.165) is 6.07 Å². The minimum Gasteiger partial charge on any atom is -0.286 e. The van der Waals surface area contributed by atoms with Crippen LogP contribution < -0.4 is 5.49 Å². The van der Waals surface area contributed by atoms with Crippen molar-refractivity contribution in [3.8, 4) is 0 Å². The number of hydrogen-bond acceptors (Lipinski definition) is 2. The van der Waals surface area contributed by atoms with Crippen LogP contribution in [-0.2, 0) is 6.18 Å². The van der Waals surface area contributed by atoms with Crippen LogP contribution in [0, 0.1) is 5.41 Å². The van der Waals surface area contributed by atoms with E-state index in [1.807, 2.05) is 0 Å². The maximum Gasteiger partial charge on any atom is 0.417 e.